The molecule has 3 rings (SSSR count). The summed E-state index contributed by atoms with van der Waals surface area (Å²) in [6.45, 7) is 5.87. The van der Waals surface area contributed by atoms with Crippen molar-refractivity contribution in [1.82, 2.24) is 10.3 Å². The second-order valence-corrected chi connectivity index (χ2v) is 7.91. The van der Waals surface area contributed by atoms with E-state index in [2.05, 4.69) is 10.3 Å². The first-order valence-electron chi connectivity index (χ1n) is 8.22. The Kier molecular flexibility index (Phi) is 4.91. The number of fused-ring (bicyclic) bond motifs is 2. The Hall–Kier alpha value is -2.54. The van der Waals surface area contributed by atoms with Crippen LogP contribution in [0.1, 0.15) is 25.6 Å². The van der Waals surface area contributed by atoms with Crippen molar-refractivity contribution < 1.29 is 19.0 Å². The molecule has 0 aliphatic carbocycles. The standard InChI is InChI=1S/C19H22N2O4S/c1-19(2,3)25-18(22)21-10-11-9-13-15(23-4)12-7-6-8-20-14(12)16(24-5)17(13)26-11/h6-9H,10H2,1-5H3,(H,21,22). The molecule has 0 spiro atoms. The summed E-state index contributed by atoms with van der Waals surface area (Å²) in [5.74, 6) is 1.47. The van der Waals surface area contributed by atoms with E-state index in [1.54, 1.807) is 20.4 Å². The minimum atomic E-state index is -0.528. The number of rotatable bonds is 4. The number of nitrogens with one attached hydrogen (secondary N) is 1. The van der Waals surface area contributed by atoms with Gasteiger partial charge < -0.3 is 19.5 Å². The topological polar surface area (TPSA) is 69.7 Å². The monoisotopic (exact) mass is 374 g/mol. The molecule has 7 heteroatoms. The van der Waals surface area contributed by atoms with E-state index in [0.29, 0.717) is 12.3 Å². The highest BCUT2D eigenvalue weighted by atomic mass is 32.1. The number of carbonyl (C=O) groups is 1. The molecule has 26 heavy (non-hydrogen) atoms. The van der Waals surface area contributed by atoms with Crippen LogP contribution < -0.4 is 14.8 Å². The fraction of sp³-hybridized carbons (Fsp3) is 0.368. The van der Waals surface area contributed by atoms with Gasteiger partial charge in [0.2, 0.25) is 0 Å². The number of ether oxygens (including phenoxy) is 3. The van der Waals surface area contributed by atoms with Crippen molar-refractivity contribution in [3.63, 3.8) is 0 Å². The maximum Gasteiger partial charge on any atom is 0.407 e. The van der Waals surface area contributed by atoms with E-state index in [1.807, 2.05) is 39.0 Å². The summed E-state index contributed by atoms with van der Waals surface area (Å²) in [4.78, 5) is 17.3. The van der Waals surface area contributed by atoms with Crippen LogP contribution in [-0.4, -0.2) is 30.9 Å². The SMILES string of the molecule is COc1c2cccnc2c(OC)c2sc(CNC(=O)OC(C)(C)C)cc12. The lowest BCUT2D eigenvalue weighted by Crippen LogP contribution is -2.31. The zero-order chi connectivity index (χ0) is 18.9. The predicted octanol–water partition coefficient (Wildman–Crippen LogP) is 4.49. The number of pyridine rings is 1. The summed E-state index contributed by atoms with van der Waals surface area (Å²) in [7, 11) is 3.28. The van der Waals surface area contributed by atoms with Gasteiger partial charge in [-0.2, -0.15) is 0 Å². The van der Waals surface area contributed by atoms with E-state index in [0.717, 1.165) is 31.6 Å². The van der Waals surface area contributed by atoms with E-state index in [-0.39, 0.29) is 0 Å². The Morgan fingerprint density at radius 1 is 1.19 bits per heavy atom. The van der Waals surface area contributed by atoms with Gasteiger partial charge in [-0.15, -0.1) is 11.3 Å². The first-order chi connectivity index (χ1) is 12.3. The molecule has 1 amide bonds. The normalized spacial score (nSPS) is 11.6. The van der Waals surface area contributed by atoms with Gasteiger partial charge in [-0.1, -0.05) is 0 Å². The van der Waals surface area contributed by atoms with Crippen molar-refractivity contribution in [2.45, 2.75) is 32.9 Å². The van der Waals surface area contributed by atoms with E-state index in [9.17, 15) is 4.79 Å². The summed E-state index contributed by atoms with van der Waals surface area (Å²) in [6.07, 6.45) is 1.29. The van der Waals surface area contributed by atoms with Crippen LogP contribution in [0.3, 0.4) is 0 Å². The Morgan fingerprint density at radius 3 is 2.58 bits per heavy atom. The zero-order valence-corrected chi connectivity index (χ0v) is 16.3. The molecule has 1 aromatic carbocycles. The molecule has 0 saturated heterocycles. The Bertz CT molecular complexity index is 899. The van der Waals surface area contributed by atoms with Gasteiger partial charge in [0, 0.05) is 21.8 Å². The fourth-order valence-electron chi connectivity index (χ4n) is 2.77. The minimum absolute atomic E-state index is 0.365. The summed E-state index contributed by atoms with van der Waals surface area (Å²) < 4.78 is 17.5. The molecule has 0 saturated carbocycles. The maximum atomic E-state index is 11.9. The molecule has 2 aromatic heterocycles. The summed E-state index contributed by atoms with van der Waals surface area (Å²) >= 11 is 1.54. The van der Waals surface area contributed by atoms with Gasteiger partial charge in [0.15, 0.2) is 5.75 Å². The highest BCUT2D eigenvalue weighted by Crippen LogP contribution is 2.45. The molecule has 3 aromatic rings. The molecule has 2 heterocycles. The maximum absolute atomic E-state index is 11.9. The number of benzene rings is 1. The first-order valence-corrected chi connectivity index (χ1v) is 9.03. The van der Waals surface area contributed by atoms with Crippen LogP contribution >= 0.6 is 11.3 Å². The first kappa shape index (κ1) is 18.3. The number of aromatic nitrogens is 1. The number of amides is 1. The van der Waals surface area contributed by atoms with Crippen molar-refractivity contribution in [1.29, 1.82) is 0 Å². The van der Waals surface area contributed by atoms with Crippen molar-refractivity contribution in [3.8, 4) is 11.5 Å². The molecule has 1 N–H and O–H groups in total. The Morgan fingerprint density at radius 2 is 1.92 bits per heavy atom. The van der Waals surface area contributed by atoms with Crippen LogP contribution in [0.4, 0.5) is 4.79 Å². The molecular weight excluding hydrogens is 352 g/mol. The third-order valence-corrected chi connectivity index (χ3v) is 4.85. The van der Waals surface area contributed by atoms with Gasteiger partial charge in [0.1, 0.15) is 16.9 Å². The highest BCUT2D eigenvalue weighted by molar-refractivity contribution is 7.19. The van der Waals surface area contributed by atoms with Crippen LogP contribution in [0.5, 0.6) is 11.5 Å². The highest BCUT2D eigenvalue weighted by Gasteiger charge is 2.20. The number of thiophene rings is 1. The summed E-state index contributed by atoms with van der Waals surface area (Å²) in [5, 5.41) is 4.62. The van der Waals surface area contributed by atoms with Gasteiger partial charge in [-0.25, -0.2) is 4.79 Å². The molecule has 0 aliphatic heterocycles. The molecule has 0 radical (unpaired) electrons. The largest absolute Gasteiger partial charge is 0.495 e. The zero-order valence-electron chi connectivity index (χ0n) is 15.5. The second kappa shape index (κ2) is 6.99. The van der Waals surface area contributed by atoms with Gasteiger partial charge >= 0.3 is 6.09 Å². The molecule has 0 fully saturated rings. The molecule has 0 unspecified atom stereocenters. The van der Waals surface area contributed by atoms with Crippen molar-refractivity contribution in [2.75, 3.05) is 14.2 Å². The molecule has 138 valence electrons. The minimum Gasteiger partial charge on any atom is -0.495 e. The van der Waals surface area contributed by atoms with Gasteiger partial charge in [-0.05, 0) is 39.0 Å². The lowest BCUT2D eigenvalue weighted by molar-refractivity contribution is 0.0524. The average Bonchev–Trinajstić information content (AvgIpc) is 2.99. The second-order valence-electron chi connectivity index (χ2n) is 6.78. The smallest absolute Gasteiger partial charge is 0.407 e. The lowest BCUT2D eigenvalue weighted by Gasteiger charge is -2.19. The van der Waals surface area contributed by atoms with E-state index >= 15 is 0 Å². The Labute approximate surface area is 156 Å². The Balaban J connectivity index is 2.00. The van der Waals surface area contributed by atoms with Crippen molar-refractivity contribution in [3.05, 3.63) is 29.3 Å². The van der Waals surface area contributed by atoms with Gasteiger partial charge in [0.25, 0.3) is 0 Å². The van der Waals surface area contributed by atoms with Gasteiger partial charge in [-0.3, -0.25) is 4.98 Å². The number of methoxy groups -OCH3 is 2. The quantitative estimate of drug-likeness (QED) is 0.728. The number of nitrogens with zero attached hydrogens (tertiary/aromatic N) is 1. The lowest BCUT2D eigenvalue weighted by atomic mass is 10.1. The van der Waals surface area contributed by atoms with Crippen molar-refractivity contribution >= 4 is 38.4 Å². The number of hydrogen-bond donors (Lipinski definition) is 1. The molecular formula is C19H22N2O4S. The number of carbonyl (C=O) groups excluding carboxylic acids is 1. The van der Waals surface area contributed by atoms with Crippen LogP contribution in [0, 0.1) is 0 Å². The third-order valence-electron chi connectivity index (χ3n) is 3.72. The van der Waals surface area contributed by atoms with E-state index in [4.69, 9.17) is 14.2 Å². The number of alkyl carbamates (subject to hydrolysis) is 1. The van der Waals surface area contributed by atoms with Crippen LogP contribution in [0.25, 0.3) is 21.0 Å². The van der Waals surface area contributed by atoms with Crippen LogP contribution in [0.2, 0.25) is 0 Å². The van der Waals surface area contributed by atoms with Gasteiger partial charge in [0.05, 0.1) is 25.5 Å². The summed E-state index contributed by atoms with van der Waals surface area (Å²) in [5.41, 5.74) is 0.230. The molecule has 0 aliphatic rings. The predicted molar refractivity (Wildman–Crippen MR) is 103 cm³/mol. The fourth-order valence-corrected chi connectivity index (χ4v) is 3.89. The third kappa shape index (κ3) is 3.53. The average molecular weight is 374 g/mol. The van der Waals surface area contributed by atoms with Crippen LogP contribution in [-0.2, 0) is 11.3 Å². The van der Waals surface area contributed by atoms with E-state index < -0.39 is 11.7 Å². The molecule has 6 nitrogen and oxygen atoms in total. The van der Waals surface area contributed by atoms with Crippen LogP contribution in [0.15, 0.2) is 24.4 Å². The number of hydrogen-bond acceptors (Lipinski definition) is 6. The summed E-state index contributed by atoms with van der Waals surface area (Å²) in [6, 6.07) is 5.83. The van der Waals surface area contributed by atoms with Crippen molar-refractivity contribution in [2.24, 2.45) is 0 Å². The molecule has 0 atom stereocenters. The van der Waals surface area contributed by atoms with E-state index in [1.165, 1.54) is 11.3 Å². The molecule has 0 bridgehead atoms.